The number of fused-ring (bicyclic) bond motifs is 1. The van der Waals surface area contributed by atoms with Gasteiger partial charge in [0.05, 0.1) is 6.61 Å². The summed E-state index contributed by atoms with van der Waals surface area (Å²) >= 11 is 0. The maximum Gasteiger partial charge on any atom is 0.164 e. The summed E-state index contributed by atoms with van der Waals surface area (Å²) in [4.78, 5) is 0. The van der Waals surface area contributed by atoms with Gasteiger partial charge < -0.3 is 9.30 Å². The fourth-order valence-corrected chi connectivity index (χ4v) is 2.10. The van der Waals surface area contributed by atoms with Crippen molar-refractivity contribution in [3.8, 4) is 11.4 Å². The Hall–Kier alpha value is -1.68. The molecule has 0 unspecified atom stereocenters. The maximum atomic E-state index is 5.36. The third-order valence-corrected chi connectivity index (χ3v) is 3.14. The van der Waals surface area contributed by atoms with Crippen molar-refractivity contribution in [1.29, 1.82) is 0 Å². The van der Waals surface area contributed by atoms with E-state index in [1.54, 1.807) is 0 Å². The number of aryl methyl sites for hydroxylation is 1. The number of nitrogens with zero attached hydrogens (tertiary/aromatic N) is 3. The van der Waals surface area contributed by atoms with Crippen molar-refractivity contribution in [2.24, 2.45) is 0 Å². The topological polar surface area (TPSA) is 39.9 Å². The van der Waals surface area contributed by atoms with Gasteiger partial charge in [-0.3, -0.25) is 0 Å². The molecule has 1 aliphatic heterocycles. The lowest BCUT2D eigenvalue weighted by atomic mass is 10.1. The zero-order chi connectivity index (χ0) is 11.7. The average Bonchev–Trinajstić information content (AvgIpc) is 2.83. The summed E-state index contributed by atoms with van der Waals surface area (Å²) in [7, 11) is 0. The molecule has 2 heterocycles. The van der Waals surface area contributed by atoms with E-state index in [-0.39, 0.29) is 0 Å². The van der Waals surface area contributed by atoms with Gasteiger partial charge in [0, 0.05) is 12.1 Å². The van der Waals surface area contributed by atoms with Gasteiger partial charge in [-0.15, -0.1) is 10.2 Å². The molecule has 17 heavy (non-hydrogen) atoms. The SMILES string of the molecule is CCc1ccc(-c2nnc3n2CCOC3)cc1. The Morgan fingerprint density at radius 2 is 2.06 bits per heavy atom. The molecule has 0 N–H and O–H groups in total. The molecule has 1 aromatic heterocycles. The zero-order valence-electron chi connectivity index (χ0n) is 9.89. The number of aromatic nitrogens is 3. The molecule has 0 atom stereocenters. The highest BCUT2D eigenvalue weighted by atomic mass is 16.5. The van der Waals surface area contributed by atoms with Crippen LogP contribution in [-0.4, -0.2) is 21.4 Å². The maximum absolute atomic E-state index is 5.36. The number of hydrogen-bond acceptors (Lipinski definition) is 3. The molecule has 1 aliphatic rings. The number of ether oxygens (including phenoxy) is 1. The van der Waals surface area contributed by atoms with Crippen molar-refractivity contribution in [1.82, 2.24) is 14.8 Å². The van der Waals surface area contributed by atoms with Gasteiger partial charge in [0.1, 0.15) is 6.61 Å². The Balaban J connectivity index is 2.00. The lowest BCUT2D eigenvalue weighted by Crippen LogP contribution is -2.17. The van der Waals surface area contributed by atoms with E-state index in [4.69, 9.17) is 4.74 Å². The Labute approximate surface area is 100 Å². The van der Waals surface area contributed by atoms with Crippen LogP contribution < -0.4 is 0 Å². The molecule has 0 amide bonds. The standard InChI is InChI=1S/C13H15N3O/c1-2-10-3-5-11(6-4-10)13-15-14-12-9-17-8-7-16(12)13/h3-6H,2,7-9H2,1H3. The second-order valence-corrected chi connectivity index (χ2v) is 4.19. The third kappa shape index (κ3) is 1.85. The lowest BCUT2D eigenvalue weighted by molar-refractivity contribution is 0.0821. The highest BCUT2D eigenvalue weighted by Crippen LogP contribution is 2.21. The van der Waals surface area contributed by atoms with Crippen LogP contribution >= 0.6 is 0 Å². The minimum Gasteiger partial charge on any atom is -0.372 e. The van der Waals surface area contributed by atoms with E-state index in [1.165, 1.54) is 5.56 Å². The normalized spacial score (nSPS) is 14.6. The fraction of sp³-hybridized carbons (Fsp3) is 0.385. The largest absolute Gasteiger partial charge is 0.372 e. The van der Waals surface area contributed by atoms with E-state index in [0.29, 0.717) is 6.61 Å². The highest BCUT2D eigenvalue weighted by Gasteiger charge is 2.16. The second-order valence-electron chi connectivity index (χ2n) is 4.19. The molecule has 3 rings (SSSR count). The fourth-order valence-electron chi connectivity index (χ4n) is 2.10. The van der Waals surface area contributed by atoms with Crippen LogP contribution in [-0.2, 0) is 24.3 Å². The third-order valence-electron chi connectivity index (χ3n) is 3.14. The minimum absolute atomic E-state index is 0.569. The summed E-state index contributed by atoms with van der Waals surface area (Å²) in [5.74, 6) is 1.87. The molecule has 4 nitrogen and oxygen atoms in total. The van der Waals surface area contributed by atoms with E-state index >= 15 is 0 Å². The quantitative estimate of drug-likeness (QED) is 0.791. The smallest absolute Gasteiger partial charge is 0.164 e. The van der Waals surface area contributed by atoms with Gasteiger partial charge in [0.15, 0.2) is 11.6 Å². The van der Waals surface area contributed by atoms with Gasteiger partial charge in [-0.25, -0.2) is 0 Å². The number of benzene rings is 1. The molecule has 0 radical (unpaired) electrons. The van der Waals surface area contributed by atoms with Gasteiger partial charge in [-0.2, -0.15) is 0 Å². The number of hydrogen-bond donors (Lipinski definition) is 0. The van der Waals surface area contributed by atoms with Crippen LogP contribution in [0.1, 0.15) is 18.3 Å². The molecular weight excluding hydrogens is 214 g/mol. The van der Waals surface area contributed by atoms with Crippen LogP contribution in [0.4, 0.5) is 0 Å². The van der Waals surface area contributed by atoms with Crippen molar-refractivity contribution in [2.45, 2.75) is 26.5 Å². The van der Waals surface area contributed by atoms with Crippen LogP contribution in [0.3, 0.4) is 0 Å². The Kier molecular flexibility index (Phi) is 2.65. The van der Waals surface area contributed by atoms with E-state index in [9.17, 15) is 0 Å². The molecule has 88 valence electrons. The first-order valence-corrected chi connectivity index (χ1v) is 5.97. The van der Waals surface area contributed by atoms with Crippen molar-refractivity contribution < 1.29 is 4.74 Å². The molecule has 0 spiro atoms. The first kappa shape index (κ1) is 10.5. The van der Waals surface area contributed by atoms with Gasteiger partial charge in [0.25, 0.3) is 0 Å². The van der Waals surface area contributed by atoms with Crippen molar-refractivity contribution in [3.05, 3.63) is 35.7 Å². The van der Waals surface area contributed by atoms with Crippen molar-refractivity contribution in [2.75, 3.05) is 6.61 Å². The highest BCUT2D eigenvalue weighted by molar-refractivity contribution is 5.56. The summed E-state index contributed by atoms with van der Waals surface area (Å²) in [6.45, 7) is 4.31. The van der Waals surface area contributed by atoms with Gasteiger partial charge in [-0.1, -0.05) is 31.2 Å². The first-order valence-electron chi connectivity index (χ1n) is 5.97. The van der Waals surface area contributed by atoms with Crippen molar-refractivity contribution >= 4 is 0 Å². The molecule has 4 heteroatoms. The average molecular weight is 229 g/mol. The summed E-state index contributed by atoms with van der Waals surface area (Å²) in [5, 5.41) is 8.42. The Bertz CT molecular complexity index is 516. The Morgan fingerprint density at radius 1 is 1.24 bits per heavy atom. The van der Waals surface area contributed by atoms with Crippen LogP contribution in [0.2, 0.25) is 0 Å². The molecule has 2 aromatic rings. The van der Waals surface area contributed by atoms with Crippen LogP contribution in [0, 0.1) is 0 Å². The molecule has 0 aliphatic carbocycles. The van der Waals surface area contributed by atoms with E-state index in [2.05, 4.69) is 46.0 Å². The summed E-state index contributed by atoms with van der Waals surface area (Å²) in [6.07, 6.45) is 1.06. The predicted octanol–water partition coefficient (Wildman–Crippen LogP) is 2.04. The summed E-state index contributed by atoms with van der Waals surface area (Å²) in [6, 6.07) is 8.53. The predicted molar refractivity (Wildman–Crippen MR) is 64.5 cm³/mol. The molecule has 0 fully saturated rings. The van der Waals surface area contributed by atoms with Crippen LogP contribution in [0.25, 0.3) is 11.4 Å². The summed E-state index contributed by atoms with van der Waals surface area (Å²) in [5.41, 5.74) is 2.47. The lowest BCUT2D eigenvalue weighted by Gasteiger charge is -2.15. The molecular formula is C13H15N3O. The molecule has 0 bridgehead atoms. The second kappa shape index (κ2) is 4.30. The first-order chi connectivity index (χ1) is 8.38. The van der Waals surface area contributed by atoms with E-state index < -0.39 is 0 Å². The van der Waals surface area contributed by atoms with Gasteiger partial charge in [0.2, 0.25) is 0 Å². The van der Waals surface area contributed by atoms with Crippen LogP contribution in [0.5, 0.6) is 0 Å². The monoisotopic (exact) mass is 229 g/mol. The van der Waals surface area contributed by atoms with Crippen molar-refractivity contribution in [3.63, 3.8) is 0 Å². The van der Waals surface area contributed by atoms with Gasteiger partial charge in [-0.05, 0) is 12.0 Å². The zero-order valence-corrected chi connectivity index (χ0v) is 9.89. The number of rotatable bonds is 2. The Morgan fingerprint density at radius 3 is 2.82 bits per heavy atom. The minimum atomic E-state index is 0.569. The molecule has 0 saturated heterocycles. The summed E-state index contributed by atoms with van der Waals surface area (Å²) < 4.78 is 7.50. The van der Waals surface area contributed by atoms with E-state index in [1.807, 2.05) is 0 Å². The molecule has 1 aromatic carbocycles. The van der Waals surface area contributed by atoms with Gasteiger partial charge >= 0.3 is 0 Å². The van der Waals surface area contributed by atoms with E-state index in [0.717, 1.165) is 36.8 Å². The van der Waals surface area contributed by atoms with Crippen LogP contribution in [0.15, 0.2) is 24.3 Å². The molecule has 0 saturated carbocycles.